The molecule has 102 valence electrons. The Balaban J connectivity index is 2.77. The van der Waals surface area contributed by atoms with Crippen molar-refractivity contribution in [3.05, 3.63) is 41.7 Å². The molecule has 0 aliphatic rings. The van der Waals surface area contributed by atoms with Crippen LogP contribution in [-0.2, 0) is 0 Å². The third kappa shape index (κ3) is 2.18. The average molecular weight is 269 g/mol. The molecule has 0 bridgehead atoms. The largest absolute Gasteiger partial charge is 0.404 e. The lowest BCUT2D eigenvalue weighted by molar-refractivity contribution is 0.100. The minimum absolute atomic E-state index is 0.324. The summed E-state index contributed by atoms with van der Waals surface area (Å²) >= 11 is 0. The maximum Gasteiger partial charge on any atom is 0.252 e. The first-order valence-corrected chi connectivity index (χ1v) is 5.95. The summed E-state index contributed by atoms with van der Waals surface area (Å²) in [6.45, 7) is 0. The molecule has 0 aliphatic carbocycles. The molecule has 1 aromatic carbocycles. The van der Waals surface area contributed by atoms with Gasteiger partial charge in [0.25, 0.3) is 5.91 Å². The Bertz CT molecular complexity index is 721. The lowest BCUT2D eigenvalue weighted by atomic mass is 10.0. The summed E-state index contributed by atoms with van der Waals surface area (Å²) in [5, 5.41) is 11.1. The number of hydrogen-bond donors (Lipinski definition) is 4. The average Bonchev–Trinajstić information content (AvgIpc) is 2.46. The molecule has 1 aromatic heterocycles. The molecular weight excluding hydrogens is 254 g/mol. The second kappa shape index (κ2) is 5.40. The van der Waals surface area contributed by atoms with Crippen molar-refractivity contribution < 1.29 is 4.79 Å². The Kier molecular flexibility index (Phi) is 3.65. The van der Waals surface area contributed by atoms with Crippen molar-refractivity contribution in [2.45, 2.75) is 0 Å². The van der Waals surface area contributed by atoms with Gasteiger partial charge < -0.3 is 22.2 Å². The van der Waals surface area contributed by atoms with E-state index in [2.05, 4.69) is 10.3 Å². The molecule has 0 unspecified atom stereocenters. The fourth-order valence-electron chi connectivity index (χ4n) is 2.06. The predicted octanol–water partition coefficient (Wildman–Crippen LogP) is 1.32. The van der Waals surface area contributed by atoms with Crippen LogP contribution in [0.5, 0.6) is 0 Å². The van der Waals surface area contributed by atoms with Crippen LogP contribution in [-0.4, -0.2) is 24.2 Å². The van der Waals surface area contributed by atoms with Crippen molar-refractivity contribution in [3.63, 3.8) is 0 Å². The summed E-state index contributed by atoms with van der Waals surface area (Å²) in [5.74, 6) is -0.546. The number of carbonyl (C=O) groups excluding carboxylic acids is 1. The number of amides is 1. The highest BCUT2D eigenvalue weighted by atomic mass is 16.1. The summed E-state index contributed by atoms with van der Waals surface area (Å²) < 4.78 is 0. The number of carbonyl (C=O) groups is 1. The lowest BCUT2D eigenvalue weighted by Gasteiger charge is -2.11. The summed E-state index contributed by atoms with van der Waals surface area (Å²) in [7, 11) is 1.71. The molecule has 0 saturated carbocycles. The third-order valence-electron chi connectivity index (χ3n) is 3.05. The summed E-state index contributed by atoms with van der Waals surface area (Å²) in [5.41, 5.74) is 13.9. The minimum Gasteiger partial charge on any atom is -0.404 e. The van der Waals surface area contributed by atoms with Gasteiger partial charge in [0.2, 0.25) is 0 Å². The Morgan fingerprint density at radius 2 is 2.20 bits per heavy atom. The Hall–Kier alpha value is -2.89. The van der Waals surface area contributed by atoms with E-state index in [4.69, 9.17) is 16.9 Å². The smallest absolute Gasteiger partial charge is 0.252 e. The van der Waals surface area contributed by atoms with E-state index in [0.29, 0.717) is 16.8 Å². The van der Waals surface area contributed by atoms with E-state index < -0.39 is 5.91 Å². The minimum atomic E-state index is -0.546. The fourth-order valence-corrected chi connectivity index (χ4v) is 2.06. The van der Waals surface area contributed by atoms with Crippen molar-refractivity contribution in [2.24, 2.45) is 11.5 Å². The van der Waals surface area contributed by atoms with Crippen LogP contribution in [0.25, 0.3) is 16.5 Å². The number of nitrogens with two attached hydrogens (primary N) is 2. The molecule has 0 atom stereocenters. The number of primary amides is 1. The van der Waals surface area contributed by atoms with Crippen molar-refractivity contribution in [1.29, 1.82) is 5.41 Å². The van der Waals surface area contributed by atoms with E-state index in [0.717, 1.165) is 16.5 Å². The van der Waals surface area contributed by atoms with Gasteiger partial charge in [-0.3, -0.25) is 9.78 Å². The zero-order chi connectivity index (χ0) is 14.7. The van der Waals surface area contributed by atoms with E-state index in [9.17, 15) is 4.79 Å². The second-order valence-corrected chi connectivity index (χ2v) is 4.16. The van der Waals surface area contributed by atoms with Crippen LogP contribution in [0.2, 0.25) is 0 Å². The topological polar surface area (TPSA) is 118 Å². The van der Waals surface area contributed by atoms with Crippen LogP contribution in [0.1, 0.15) is 15.9 Å². The molecule has 0 spiro atoms. The van der Waals surface area contributed by atoms with Gasteiger partial charge in [-0.05, 0) is 17.7 Å². The normalized spacial score (nSPS) is 11.3. The van der Waals surface area contributed by atoms with Crippen LogP contribution >= 0.6 is 0 Å². The summed E-state index contributed by atoms with van der Waals surface area (Å²) in [6.07, 6.45) is 3.98. The number of fused-ring (bicyclic) bond motifs is 1. The number of aromatic nitrogens is 1. The zero-order valence-corrected chi connectivity index (χ0v) is 11.0. The van der Waals surface area contributed by atoms with Gasteiger partial charge in [0.1, 0.15) is 0 Å². The van der Waals surface area contributed by atoms with E-state index in [-0.39, 0.29) is 0 Å². The molecule has 2 rings (SSSR count). The Morgan fingerprint density at radius 3 is 2.75 bits per heavy atom. The number of pyridine rings is 1. The molecule has 0 aliphatic heterocycles. The van der Waals surface area contributed by atoms with E-state index >= 15 is 0 Å². The van der Waals surface area contributed by atoms with Gasteiger partial charge >= 0.3 is 0 Å². The SMILES string of the molecule is CNc1c(C(N)=O)cnc2ccc(/C(C=N)=C/N)cc12. The van der Waals surface area contributed by atoms with Crippen LogP contribution < -0.4 is 16.8 Å². The van der Waals surface area contributed by atoms with E-state index in [1.807, 2.05) is 18.2 Å². The van der Waals surface area contributed by atoms with Gasteiger partial charge in [0.15, 0.2) is 0 Å². The zero-order valence-electron chi connectivity index (χ0n) is 11.0. The summed E-state index contributed by atoms with van der Waals surface area (Å²) in [4.78, 5) is 15.6. The Morgan fingerprint density at radius 1 is 1.45 bits per heavy atom. The van der Waals surface area contributed by atoms with Crippen LogP contribution in [0.3, 0.4) is 0 Å². The number of nitrogens with zero attached hydrogens (tertiary/aromatic N) is 1. The fraction of sp³-hybridized carbons (Fsp3) is 0.0714. The molecule has 0 saturated heterocycles. The number of anilines is 1. The number of allylic oxidation sites excluding steroid dienone is 1. The highest BCUT2D eigenvalue weighted by molar-refractivity contribution is 6.11. The van der Waals surface area contributed by atoms with Gasteiger partial charge in [-0.1, -0.05) is 6.07 Å². The Labute approximate surface area is 116 Å². The first-order valence-electron chi connectivity index (χ1n) is 5.95. The number of nitrogens with one attached hydrogen (secondary N) is 2. The summed E-state index contributed by atoms with van der Waals surface area (Å²) in [6, 6.07) is 5.45. The molecule has 6 N–H and O–H groups in total. The first-order chi connectivity index (χ1) is 9.62. The molecular formula is C14H15N5O. The molecule has 6 heteroatoms. The number of rotatable bonds is 4. The lowest BCUT2D eigenvalue weighted by Crippen LogP contribution is -2.14. The van der Waals surface area contributed by atoms with Gasteiger partial charge in [0.05, 0.1) is 16.8 Å². The maximum absolute atomic E-state index is 11.4. The molecule has 0 fully saturated rings. The molecule has 1 heterocycles. The van der Waals surface area contributed by atoms with E-state index in [1.54, 1.807) is 7.05 Å². The van der Waals surface area contributed by atoms with Crippen LogP contribution in [0, 0.1) is 5.41 Å². The monoisotopic (exact) mass is 269 g/mol. The van der Waals surface area contributed by atoms with Crippen molar-refractivity contribution >= 4 is 34.3 Å². The third-order valence-corrected chi connectivity index (χ3v) is 3.05. The maximum atomic E-state index is 11.4. The highest BCUT2D eigenvalue weighted by Gasteiger charge is 2.12. The molecule has 2 aromatic rings. The number of benzene rings is 1. The molecule has 6 nitrogen and oxygen atoms in total. The van der Waals surface area contributed by atoms with Crippen molar-refractivity contribution in [2.75, 3.05) is 12.4 Å². The second-order valence-electron chi connectivity index (χ2n) is 4.16. The van der Waals surface area contributed by atoms with Crippen molar-refractivity contribution in [3.8, 4) is 0 Å². The van der Waals surface area contributed by atoms with Gasteiger partial charge in [-0.2, -0.15) is 0 Å². The standard InChI is InChI=1S/C14H15N5O/c1-18-13-10-4-8(9(5-15)6-16)2-3-12(10)19-7-11(13)14(17)20/h2-7,15H,16H2,1H3,(H2,17,20)(H,18,19)/b9-6+,15-5?. The first kappa shape index (κ1) is 13.5. The quantitative estimate of drug-likeness (QED) is 0.626. The predicted molar refractivity (Wildman–Crippen MR) is 80.8 cm³/mol. The number of hydrogen-bond acceptors (Lipinski definition) is 5. The molecule has 1 amide bonds. The van der Waals surface area contributed by atoms with Crippen molar-refractivity contribution in [1.82, 2.24) is 4.98 Å². The van der Waals surface area contributed by atoms with Crippen LogP contribution in [0.4, 0.5) is 5.69 Å². The molecule has 20 heavy (non-hydrogen) atoms. The molecule has 0 radical (unpaired) electrons. The highest BCUT2D eigenvalue weighted by Crippen LogP contribution is 2.28. The van der Waals surface area contributed by atoms with Crippen LogP contribution in [0.15, 0.2) is 30.6 Å². The van der Waals surface area contributed by atoms with Gasteiger partial charge in [0, 0.05) is 36.6 Å². The van der Waals surface area contributed by atoms with E-state index in [1.165, 1.54) is 18.6 Å². The van der Waals surface area contributed by atoms with Gasteiger partial charge in [-0.25, -0.2) is 0 Å². The van der Waals surface area contributed by atoms with Gasteiger partial charge in [-0.15, -0.1) is 0 Å².